The fourth-order valence-corrected chi connectivity index (χ4v) is 3.37. The van der Waals surface area contributed by atoms with E-state index in [0.717, 1.165) is 16.6 Å². The SMILES string of the molecule is COC(=O)C1=C(Nc2cc(-c3nc4ccccc4o3)ccc2C)C(=O)N(CCO)C1. The van der Waals surface area contributed by atoms with Gasteiger partial charge in [-0.2, -0.15) is 0 Å². The number of aliphatic hydroxyl groups excluding tert-OH is 1. The number of rotatable bonds is 6. The standard InChI is InChI=1S/C22H21N3O5/c1-13-7-8-14(20-24-16-5-3-4-6-18(16)30-20)11-17(13)23-19-15(22(28)29-2)12-25(9-10-26)21(19)27/h3-8,11,23,26H,9-10,12H2,1-2H3. The first kappa shape index (κ1) is 19.7. The molecular weight excluding hydrogens is 386 g/mol. The molecule has 0 spiro atoms. The van der Waals surface area contributed by atoms with Gasteiger partial charge < -0.3 is 24.5 Å². The molecule has 1 aliphatic rings. The third-order valence-electron chi connectivity index (χ3n) is 4.99. The Bertz CT molecular complexity index is 1130. The molecule has 0 radical (unpaired) electrons. The Kier molecular flexibility index (Phi) is 5.24. The van der Waals surface area contributed by atoms with Crippen LogP contribution in [0.1, 0.15) is 5.56 Å². The Labute approximate surface area is 172 Å². The van der Waals surface area contributed by atoms with Crippen LogP contribution in [0.5, 0.6) is 0 Å². The Balaban J connectivity index is 1.70. The van der Waals surface area contributed by atoms with E-state index in [2.05, 4.69) is 10.3 Å². The average molecular weight is 407 g/mol. The zero-order valence-electron chi connectivity index (χ0n) is 16.6. The summed E-state index contributed by atoms with van der Waals surface area (Å²) >= 11 is 0. The van der Waals surface area contributed by atoms with Crippen LogP contribution in [0.15, 0.2) is 58.2 Å². The number of benzene rings is 2. The number of nitrogens with zero attached hydrogens (tertiary/aromatic N) is 2. The number of β-amino-alcohol motifs (C(OH)–C–C–N with tert-alkyl or cyclic N) is 1. The second kappa shape index (κ2) is 8.00. The van der Waals surface area contributed by atoms with Crippen LogP contribution in [-0.4, -0.2) is 53.7 Å². The molecule has 0 fully saturated rings. The number of aliphatic hydroxyl groups is 1. The van der Waals surface area contributed by atoms with Gasteiger partial charge in [0.25, 0.3) is 5.91 Å². The number of ether oxygens (including phenoxy) is 1. The van der Waals surface area contributed by atoms with Crippen molar-refractivity contribution in [2.45, 2.75) is 6.92 Å². The van der Waals surface area contributed by atoms with Gasteiger partial charge in [-0.05, 0) is 36.8 Å². The van der Waals surface area contributed by atoms with Crippen LogP contribution in [0.4, 0.5) is 5.69 Å². The van der Waals surface area contributed by atoms with Crippen LogP contribution in [0, 0.1) is 6.92 Å². The van der Waals surface area contributed by atoms with Crippen molar-refractivity contribution in [3.05, 3.63) is 59.3 Å². The Morgan fingerprint density at radius 3 is 2.83 bits per heavy atom. The minimum atomic E-state index is -0.584. The van der Waals surface area contributed by atoms with E-state index in [1.165, 1.54) is 12.0 Å². The number of aryl methyl sites for hydroxylation is 1. The molecule has 4 rings (SSSR count). The average Bonchev–Trinajstić information content (AvgIpc) is 3.32. The molecule has 154 valence electrons. The number of esters is 1. The summed E-state index contributed by atoms with van der Waals surface area (Å²) in [5.41, 5.74) is 4.06. The minimum Gasteiger partial charge on any atom is -0.466 e. The van der Waals surface area contributed by atoms with Crippen molar-refractivity contribution in [1.82, 2.24) is 9.88 Å². The second-order valence-corrected chi connectivity index (χ2v) is 6.94. The van der Waals surface area contributed by atoms with E-state index in [1.54, 1.807) is 0 Å². The molecule has 8 heteroatoms. The van der Waals surface area contributed by atoms with E-state index in [-0.39, 0.29) is 36.9 Å². The van der Waals surface area contributed by atoms with Crippen LogP contribution in [0.2, 0.25) is 0 Å². The topological polar surface area (TPSA) is 105 Å². The lowest BCUT2D eigenvalue weighted by atomic mass is 10.1. The van der Waals surface area contributed by atoms with Gasteiger partial charge in [0.15, 0.2) is 5.58 Å². The zero-order valence-corrected chi connectivity index (χ0v) is 16.6. The van der Waals surface area contributed by atoms with Gasteiger partial charge >= 0.3 is 5.97 Å². The van der Waals surface area contributed by atoms with E-state index < -0.39 is 5.97 Å². The molecule has 0 saturated heterocycles. The van der Waals surface area contributed by atoms with E-state index in [9.17, 15) is 14.7 Å². The fourth-order valence-electron chi connectivity index (χ4n) is 3.37. The van der Waals surface area contributed by atoms with Crippen LogP contribution in [-0.2, 0) is 14.3 Å². The Morgan fingerprint density at radius 2 is 2.10 bits per heavy atom. The van der Waals surface area contributed by atoms with Crippen molar-refractivity contribution in [3.63, 3.8) is 0 Å². The van der Waals surface area contributed by atoms with Crippen molar-refractivity contribution in [3.8, 4) is 11.5 Å². The number of oxazole rings is 1. The predicted molar refractivity (Wildman–Crippen MR) is 111 cm³/mol. The summed E-state index contributed by atoms with van der Waals surface area (Å²) in [5.74, 6) is -0.490. The minimum absolute atomic E-state index is 0.0816. The lowest BCUT2D eigenvalue weighted by molar-refractivity contribution is -0.136. The first-order chi connectivity index (χ1) is 14.5. The number of carbonyl (C=O) groups excluding carboxylic acids is 2. The molecule has 2 heterocycles. The first-order valence-electron chi connectivity index (χ1n) is 9.47. The molecule has 3 aromatic rings. The molecule has 8 nitrogen and oxygen atoms in total. The summed E-state index contributed by atoms with van der Waals surface area (Å²) in [5, 5.41) is 12.3. The third kappa shape index (κ3) is 3.53. The second-order valence-electron chi connectivity index (χ2n) is 6.94. The van der Waals surface area contributed by atoms with Gasteiger partial charge in [0, 0.05) is 17.8 Å². The first-order valence-corrected chi connectivity index (χ1v) is 9.47. The molecule has 0 unspecified atom stereocenters. The highest BCUT2D eigenvalue weighted by molar-refractivity contribution is 6.08. The molecule has 1 amide bonds. The molecule has 0 atom stereocenters. The lowest BCUT2D eigenvalue weighted by Gasteiger charge is -2.15. The molecule has 0 saturated carbocycles. The number of fused-ring (bicyclic) bond motifs is 1. The summed E-state index contributed by atoms with van der Waals surface area (Å²) in [7, 11) is 1.27. The zero-order chi connectivity index (χ0) is 21.3. The molecule has 1 aliphatic heterocycles. The highest BCUT2D eigenvalue weighted by atomic mass is 16.5. The number of carbonyl (C=O) groups is 2. The number of amides is 1. The molecule has 2 aromatic carbocycles. The van der Waals surface area contributed by atoms with Gasteiger partial charge in [0.05, 0.1) is 25.8 Å². The Morgan fingerprint density at radius 1 is 1.30 bits per heavy atom. The lowest BCUT2D eigenvalue weighted by Crippen LogP contribution is -2.31. The predicted octanol–water partition coefficient (Wildman–Crippen LogP) is 2.48. The molecule has 1 aromatic heterocycles. The van der Waals surface area contributed by atoms with E-state index in [0.29, 0.717) is 17.2 Å². The van der Waals surface area contributed by atoms with Gasteiger partial charge in [-0.15, -0.1) is 0 Å². The van der Waals surface area contributed by atoms with Crippen LogP contribution < -0.4 is 5.32 Å². The summed E-state index contributed by atoms with van der Waals surface area (Å²) in [6, 6.07) is 13.1. The highest BCUT2D eigenvalue weighted by Crippen LogP contribution is 2.30. The maximum atomic E-state index is 12.8. The van der Waals surface area contributed by atoms with Gasteiger partial charge in [0.2, 0.25) is 5.89 Å². The summed E-state index contributed by atoms with van der Waals surface area (Å²) in [4.78, 5) is 30.9. The number of aromatic nitrogens is 1. The monoisotopic (exact) mass is 407 g/mol. The summed E-state index contributed by atoms with van der Waals surface area (Å²) in [6.45, 7) is 1.91. The van der Waals surface area contributed by atoms with E-state index in [4.69, 9.17) is 9.15 Å². The van der Waals surface area contributed by atoms with Gasteiger partial charge in [0.1, 0.15) is 11.2 Å². The number of methoxy groups -OCH3 is 1. The number of para-hydroxylation sites is 2. The number of hydrogen-bond acceptors (Lipinski definition) is 7. The molecular formula is C22H21N3O5. The van der Waals surface area contributed by atoms with Gasteiger partial charge in [-0.3, -0.25) is 4.79 Å². The van der Waals surface area contributed by atoms with Crippen molar-refractivity contribution < 1.29 is 23.8 Å². The Hall–Kier alpha value is -3.65. The number of anilines is 1. The van der Waals surface area contributed by atoms with Crippen molar-refractivity contribution in [2.24, 2.45) is 0 Å². The quantitative estimate of drug-likeness (QED) is 0.605. The molecule has 2 N–H and O–H groups in total. The van der Waals surface area contributed by atoms with Crippen LogP contribution >= 0.6 is 0 Å². The van der Waals surface area contributed by atoms with E-state index in [1.807, 2.05) is 49.4 Å². The molecule has 30 heavy (non-hydrogen) atoms. The largest absolute Gasteiger partial charge is 0.466 e. The maximum Gasteiger partial charge on any atom is 0.337 e. The molecule has 0 bridgehead atoms. The van der Waals surface area contributed by atoms with Crippen LogP contribution in [0.3, 0.4) is 0 Å². The van der Waals surface area contributed by atoms with Gasteiger partial charge in [-0.25, -0.2) is 9.78 Å². The van der Waals surface area contributed by atoms with Crippen molar-refractivity contribution in [2.75, 3.05) is 32.1 Å². The summed E-state index contributed by atoms with van der Waals surface area (Å²) in [6.07, 6.45) is 0. The number of hydrogen-bond donors (Lipinski definition) is 2. The van der Waals surface area contributed by atoms with Gasteiger partial charge in [-0.1, -0.05) is 18.2 Å². The van der Waals surface area contributed by atoms with E-state index >= 15 is 0 Å². The molecule has 0 aliphatic carbocycles. The van der Waals surface area contributed by atoms with Crippen molar-refractivity contribution in [1.29, 1.82) is 0 Å². The van der Waals surface area contributed by atoms with Crippen molar-refractivity contribution >= 4 is 28.7 Å². The smallest absolute Gasteiger partial charge is 0.337 e. The highest BCUT2D eigenvalue weighted by Gasteiger charge is 2.34. The number of nitrogens with one attached hydrogen (secondary N) is 1. The third-order valence-corrected chi connectivity index (χ3v) is 4.99. The fraction of sp³-hybridized carbons (Fsp3) is 0.227. The summed E-state index contributed by atoms with van der Waals surface area (Å²) < 4.78 is 10.7. The van der Waals surface area contributed by atoms with Crippen LogP contribution in [0.25, 0.3) is 22.6 Å². The maximum absolute atomic E-state index is 12.8. The normalized spacial score (nSPS) is 14.0.